The lowest BCUT2D eigenvalue weighted by Crippen LogP contribution is -2.38. The second-order valence-electron chi connectivity index (χ2n) is 9.26. The summed E-state index contributed by atoms with van der Waals surface area (Å²) in [5, 5.41) is 0.974. The first-order valence-electron chi connectivity index (χ1n) is 12.1. The standard InChI is InChI=1S/C30H29F2NOS/c1-21-19-28(22-5-3-2-4-6-22)35-30(21)34-20-33-17-15-25(16-18-33)29(23-7-11-26(31)12-8-23)24-9-13-27(32)14-10-24/h2-14,19,25,29H,15-18,20H2,1H3. The third-order valence-corrected chi connectivity index (χ3v) is 8.07. The average molecular weight is 490 g/mol. The van der Waals surface area contributed by atoms with Crippen LogP contribution in [0.25, 0.3) is 10.4 Å². The van der Waals surface area contributed by atoms with Crippen LogP contribution in [0.2, 0.25) is 0 Å². The molecule has 0 aliphatic carbocycles. The van der Waals surface area contributed by atoms with Gasteiger partial charge in [0.25, 0.3) is 0 Å². The van der Waals surface area contributed by atoms with Gasteiger partial charge in [0.2, 0.25) is 0 Å². The van der Waals surface area contributed by atoms with Gasteiger partial charge in [-0.3, -0.25) is 4.90 Å². The fraction of sp³-hybridized carbons (Fsp3) is 0.267. The Bertz CT molecular complexity index is 1180. The topological polar surface area (TPSA) is 12.5 Å². The van der Waals surface area contributed by atoms with Crippen LogP contribution in [0.3, 0.4) is 0 Å². The molecule has 5 heteroatoms. The van der Waals surface area contributed by atoms with Gasteiger partial charge < -0.3 is 4.74 Å². The zero-order valence-corrected chi connectivity index (χ0v) is 20.6. The van der Waals surface area contributed by atoms with Gasteiger partial charge >= 0.3 is 0 Å². The Morgan fingerprint density at radius 1 is 0.857 bits per heavy atom. The summed E-state index contributed by atoms with van der Waals surface area (Å²) in [5.74, 6) is 0.0401. The molecule has 35 heavy (non-hydrogen) atoms. The van der Waals surface area contributed by atoms with Crippen LogP contribution in [0.15, 0.2) is 84.9 Å². The Labute approximate surface area is 209 Å². The summed E-state index contributed by atoms with van der Waals surface area (Å²) in [6.07, 6.45) is 2.00. The van der Waals surface area contributed by atoms with Crippen LogP contribution >= 0.6 is 11.3 Å². The van der Waals surface area contributed by atoms with Crippen LogP contribution in [0.1, 0.15) is 35.4 Å². The molecular formula is C30H29F2NOS. The molecule has 1 saturated heterocycles. The summed E-state index contributed by atoms with van der Waals surface area (Å²) in [5.41, 5.74) is 4.53. The molecule has 0 saturated carbocycles. The number of piperidine rings is 1. The minimum Gasteiger partial charge on any atom is -0.468 e. The van der Waals surface area contributed by atoms with Crippen molar-refractivity contribution in [3.05, 3.63) is 113 Å². The summed E-state index contributed by atoms with van der Waals surface area (Å²) >= 11 is 1.69. The lowest BCUT2D eigenvalue weighted by atomic mass is 9.76. The molecule has 2 heterocycles. The van der Waals surface area contributed by atoms with Gasteiger partial charge in [-0.05, 0) is 72.7 Å². The Hall–Kier alpha value is -3.02. The molecule has 0 amide bonds. The van der Waals surface area contributed by atoms with Gasteiger partial charge in [0.05, 0.1) is 0 Å². The highest BCUT2D eigenvalue weighted by atomic mass is 32.1. The molecule has 0 N–H and O–H groups in total. The first-order valence-corrected chi connectivity index (χ1v) is 12.9. The van der Waals surface area contributed by atoms with Gasteiger partial charge in [0, 0.05) is 29.4 Å². The van der Waals surface area contributed by atoms with E-state index in [2.05, 4.69) is 42.2 Å². The molecule has 4 aromatic rings. The number of likely N-dealkylation sites (tertiary alicyclic amines) is 1. The van der Waals surface area contributed by atoms with Crippen LogP contribution in [-0.4, -0.2) is 24.7 Å². The van der Waals surface area contributed by atoms with Crippen molar-refractivity contribution in [2.75, 3.05) is 19.8 Å². The molecule has 180 valence electrons. The minimum atomic E-state index is -0.238. The summed E-state index contributed by atoms with van der Waals surface area (Å²) in [6, 6.07) is 26.1. The van der Waals surface area contributed by atoms with Crippen molar-refractivity contribution >= 4 is 11.3 Å². The number of hydrogen-bond acceptors (Lipinski definition) is 3. The average Bonchev–Trinajstić information content (AvgIpc) is 3.27. The smallest absolute Gasteiger partial charge is 0.179 e. The van der Waals surface area contributed by atoms with Crippen LogP contribution in [0, 0.1) is 24.5 Å². The molecule has 1 fully saturated rings. The minimum absolute atomic E-state index is 0.118. The first kappa shape index (κ1) is 23.7. The molecule has 1 aromatic heterocycles. The van der Waals surface area contributed by atoms with Gasteiger partial charge in [0.1, 0.15) is 18.4 Å². The van der Waals surface area contributed by atoms with Crippen molar-refractivity contribution in [1.82, 2.24) is 4.90 Å². The van der Waals surface area contributed by atoms with Gasteiger partial charge in [0.15, 0.2) is 5.06 Å². The number of benzene rings is 3. The maximum Gasteiger partial charge on any atom is 0.179 e. The lowest BCUT2D eigenvalue weighted by molar-refractivity contribution is 0.0866. The molecule has 2 nitrogen and oxygen atoms in total. The predicted octanol–water partition coefficient (Wildman–Crippen LogP) is 7.88. The molecule has 1 aliphatic rings. The van der Waals surface area contributed by atoms with Gasteiger partial charge in [-0.1, -0.05) is 65.9 Å². The molecular weight excluding hydrogens is 460 g/mol. The number of aryl methyl sites for hydroxylation is 1. The lowest BCUT2D eigenvalue weighted by Gasteiger charge is -2.36. The monoisotopic (exact) mass is 489 g/mol. The Balaban J connectivity index is 1.23. The van der Waals surface area contributed by atoms with Gasteiger partial charge in [-0.15, -0.1) is 0 Å². The van der Waals surface area contributed by atoms with Crippen molar-refractivity contribution in [3.63, 3.8) is 0 Å². The van der Waals surface area contributed by atoms with E-state index in [-0.39, 0.29) is 17.6 Å². The highest BCUT2D eigenvalue weighted by Crippen LogP contribution is 2.39. The quantitative estimate of drug-likeness (QED) is 0.262. The third kappa shape index (κ3) is 5.63. The molecule has 3 aromatic carbocycles. The van der Waals surface area contributed by atoms with Gasteiger partial charge in [-0.2, -0.15) is 0 Å². The number of nitrogens with zero attached hydrogens (tertiary/aromatic N) is 1. The second kappa shape index (κ2) is 10.7. The summed E-state index contributed by atoms with van der Waals surface area (Å²) < 4.78 is 33.4. The number of ether oxygens (including phenoxy) is 1. The van der Waals surface area contributed by atoms with E-state index in [0.29, 0.717) is 12.6 Å². The molecule has 0 atom stereocenters. The second-order valence-corrected chi connectivity index (χ2v) is 10.3. The van der Waals surface area contributed by atoms with Crippen molar-refractivity contribution in [3.8, 4) is 15.5 Å². The first-order chi connectivity index (χ1) is 17.1. The molecule has 0 radical (unpaired) electrons. The van der Waals surface area contributed by atoms with Crippen LogP contribution in [-0.2, 0) is 0 Å². The number of hydrogen-bond donors (Lipinski definition) is 0. The Morgan fingerprint density at radius 2 is 1.43 bits per heavy atom. The fourth-order valence-electron chi connectivity index (χ4n) is 5.00. The normalized spacial score (nSPS) is 15.0. The summed E-state index contributed by atoms with van der Waals surface area (Å²) in [4.78, 5) is 3.57. The fourth-order valence-corrected chi connectivity index (χ4v) is 6.02. The SMILES string of the molecule is Cc1cc(-c2ccccc2)sc1OCN1CCC(C(c2ccc(F)cc2)c2ccc(F)cc2)CC1. The van der Waals surface area contributed by atoms with E-state index in [9.17, 15) is 8.78 Å². The summed E-state index contributed by atoms with van der Waals surface area (Å²) in [7, 11) is 0. The zero-order chi connectivity index (χ0) is 24.2. The molecule has 0 bridgehead atoms. The van der Waals surface area contributed by atoms with E-state index in [0.717, 1.165) is 47.7 Å². The van der Waals surface area contributed by atoms with Crippen LogP contribution < -0.4 is 4.74 Å². The van der Waals surface area contributed by atoms with Crippen molar-refractivity contribution in [1.29, 1.82) is 0 Å². The predicted molar refractivity (Wildman–Crippen MR) is 139 cm³/mol. The van der Waals surface area contributed by atoms with E-state index in [1.807, 2.05) is 30.3 Å². The van der Waals surface area contributed by atoms with E-state index in [1.165, 1.54) is 34.7 Å². The van der Waals surface area contributed by atoms with E-state index in [1.54, 1.807) is 11.3 Å². The third-order valence-electron chi connectivity index (χ3n) is 6.87. The van der Waals surface area contributed by atoms with E-state index >= 15 is 0 Å². The van der Waals surface area contributed by atoms with Crippen molar-refractivity contribution in [2.45, 2.75) is 25.7 Å². The molecule has 0 unspecified atom stereocenters. The molecule has 0 spiro atoms. The maximum absolute atomic E-state index is 13.6. The number of rotatable bonds is 7. The Morgan fingerprint density at radius 3 is 2.00 bits per heavy atom. The largest absolute Gasteiger partial charge is 0.468 e. The Kier molecular flexibility index (Phi) is 7.26. The van der Waals surface area contributed by atoms with Crippen LogP contribution in [0.4, 0.5) is 8.78 Å². The van der Waals surface area contributed by atoms with Crippen LogP contribution in [0.5, 0.6) is 5.06 Å². The van der Waals surface area contributed by atoms with Crippen molar-refractivity contribution in [2.24, 2.45) is 5.92 Å². The highest BCUT2D eigenvalue weighted by molar-refractivity contribution is 7.17. The van der Waals surface area contributed by atoms with Crippen molar-refractivity contribution < 1.29 is 13.5 Å². The highest BCUT2D eigenvalue weighted by Gasteiger charge is 2.29. The molecule has 5 rings (SSSR count). The maximum atomic E-state index is 13.6. The van der Waals surface area contributed by atoms with E-state index in [4.69, 9.17) is 4.74 Å². The van der Waals surface area contributed by atoms with E-state index < -0.39 is 0 Å². The number of halogens is 2. The summed E-state index contributed by atoms with van der Waals surface area (Å²) in [6.45, 7) is 4.53. The number of thiophene rings is 1. The molecule has 1 aliphatic heterocycles. The van der Waals surface area contributed by atoms with Gasteiger partial charge in [-0.25, -0.2) is 8.78 Å². The zero-order valence-electron chi connectivity index (χ0n) is 19.8.